The second kappa shape index (κ2) is 8.11. The standard InChI is InChI=1S/C18H15N3O4S2/c1-11-9-12(3-6-15(11)25-2)14-10-26-18(19-14)20-16(22)7-4-13-5-8-17(27-13)21(23)24/h3-10H,1-2H3,(H,19,20,22). The molecular weight excluding hydrogens is 386 g/mol. The summed E-state index contributed by atoms with van der Waals surface area (Å²) in [7, 11) is 1.63. The lowest BCUT2D eigenvalue weighted by molar-refractivity contribution is -0.380. The number of hydrogen-bond donors (Lipinski definition) is 1. The quantitative estimate of drug-likeness (QED) is 0.365. The highest BCUT2D eigenvalue weighted by Crippen LogP contribution is 2.29. The molecule has 0 saturated carbocycles. The molecular formula is C18H15N3O4S2. The number of thiophene rings is 1. The zero-order valence-corrected chi connectivity index (χ0v) is 16.1. The molecule has 0 spiro atoms. The number of aromatic nitrogens is 1. The van der Waals surface area contributed by atoms with Gasteiger partial charge in [-0.3, -0.25) is 20.2 Å². The fourth-order valence-corrected chi connectivity index (χ4v) is 3.78. The number of carbonyl (C=O) groups excluding carboxylic acids is 1. The summed E-state index contributed by atoms with van der Waals surface area (Å²) < 4.78 is 5.25. The van der Waals surface area contributed by atoms with E-state index >= 15 is 0 Å². The average molecular weight is 401 g/mol. The lowest BCUT2D eigenvalue weighted by atomic mass is 10.1. The van der Waals surface area contributed by atoms with Crippen LogP contribution in [-0.4, -0.2) is 22.9 Å². The van der Waals surface area contributed by atoms with Crippen LogP contribution in [0.3, 0.4) is 0 Å². The molecule has 0 unspecified atom stereocenters. The number of methoxy groups -OCH3 is 1. The number of rotatable bonds is 6. The van der Waals surface area contributed by atoms with Crippen molar-refractivity contribution in [3.05, 3.63) is 62.3 Å². The number of nitro groups is 1. The molecule has 0 fully saturated rings. The fraction of sp³-hybridized carbons (Fsp3) is 0.111. The van der Waals surface area contributed by atoms with E-state index in [1.165, 1.54) is 29.6 Å². The Morgan fingerprint density at radius 2 is 2.15 bits per heavy atom. The number of nitrogens with one attached hydrogen (secondary N) is 1. The van der Waals surface area contributed by atoms with Gasteiger partial charge < -0.3 is 4.74 Å². The molecule has 1 N–H and O–H groups in total. The highest BCUT2D eigenvalue weighted by atomic mass is 32.1. The number of carbonyl (C=O) groups is 1. The van der Waals surface area contributed by atoms with Crippen LogP contribution in [0.4, 0.5) is 10.1 Å². The van der Waals surface area contributed by atoms with Gasteiger partial charge in [0.25, 0.3) is 0 Å². The van der Waals surface area contributed by atoms with E-state index in [0.29, 0.717) is 10.0 Å². The first-order valence-corrected chi connectivity index (χ1v) is 9.49. The Morgan fingerprint density at radius 1 is 1.33 bits per heavy atom. The molecule has 0 aliphatic carbocycles. The second-order valence-electron chi connectivity index (χ2n) is 5.48. The van der Waals surface area contributed by atoms with Crippen LogP contribution >= 0.6 is 22.7 Å². The van der Waals surface area contributed by atoms with Gasteiger partial charge in [0.1, 0.15) is 5.75 Å². The Hall–Kier alpha value is -3.04. The Bertz CT molecular complexity index is 1020. The molecule has 7 nitrogen and oxygen atoms in total. The Kier molecular flexibility index (Phi) is 5.63. The van der Waals surface area contributed by atoms with E-state index in [2.05, 4.69) is 10.3 Å². The van der Waals surface area contributed by atoms with Gasteiger partial charge in [-0.05, 0) is 42.8 Å². The van der Waals surface area contributed by atoms with Gasteiger partial charge in [-0.2, -0.15) is 0 Å². The zero-order valence-electron chi connectivity index (χ0n) is 14.5. The third kappa shape index (κ3) is 4.57. The summed E-state index contributed by atoms with van der Waals surface area (Å²) in [6, 6.07) is 8.77. The largest absolute Gasteiger partial charge is 0.496 e. The van der Waals surface area contributed by atoms with Crippen LogP contribution < -0.4 is 10.1 Å². The van der Waals surface area contributed by atoms with E-state index in [0.717, 1.165) is 33.9 Å². The van der Waals surface area contributed by atoms with E-state index in [9.17, 15) is 14.9 Å². The lowest BCUT2D eigenvalue weighted by Gasteiger charge is -2.05. The molecule has 0 atom stereocenters. The summed E-state index contributed by atoms with van der Waals surface area (Å²) in [6.07, 6.45) is 2.86. The molecule has 0 aliphatic heterocycles. The number of anilines is 1. The van der Waals surface area contributed by atoms with E-state index in [1.54, 1.807) is 13.2 Å². The van der Waals surface area contributed by atoms with E-state index in [-0.39, 0.29) is 10.9 Å². The predicted molar refractivity (Wildman–Crippen MR) is 107 cm³/mol. The minimum atomic E-state index is -0.458. The van der Waals surface area contributed by atoms with Gasteiger partial charge >= 0.3 is 5.00 Å². The molecule has 2 heterocycles. The van der Waals surface area contributed by atoms with Crippen LogP contribution in [0.25, 0.3) is 17.3 Å². The van der Waals surface area contributed by atoms with Gasteiger partial charge in [0.2, 0.25) is 5.91 Å². The molecule has 3 rings (SSSR count). The molecule has 3 aromatic rings. The lowest BCUT2D eigenvalue weighted by Crippen LogP contribution is -2.07. The van der Waals surface area contributed by atoms with Crippen LogP contribution in [0.2, 0.25) is 0 Å². The van der Waals surface area contributed by atoms with Crippen molar-refractivity contribution in [3.8, 4) is 17.0 Å². The molecule has 1 amide bonds. The number of ether oxygens (including phenoxy) is 1. The number of nitrogens with zero attached hydrogens (tertiary/aromatic N) is 2. The highest BCUT2D eigenvalue weighted by Gasteiger charge is 2.10. The SMILES string of the molecule is COc1ccc(-c2csc(NC(=O)C=Cc3ccc([N+](=O)[O-])s3)n2)cc1C. The van der Waals surface area contributed by atoms with Gasteiger partial charge in [0.15, 0.2) is 5.13 Å². The summed E-state index contributed by atoms with van der Waals surface area (Å²) in [4.78, 5) is 27.3. The molecule has 27 heavy (non-hydrogen) atoms. The first kappa shape index (κ1) is 18.7. The molecule has 0 bridgehead atoms. The molecule has 1 aromatic carbocycles. The predicted octanol–water partition coefficient (Wildman–Crippen LogP) is 4.75. The maximum absolute atomic E-state index is 12.0. The average Bonchev–Trinajstić information content (AvgIpc) is 3.29. The molecule has 0 saturated heterocycles. The van der Waals surface area contributed by atoms with Crippen LogP contribution in [0, 0.1) is 17.0 Å². The Morgan fingerprint density at radius 3 is 2.81 bits per heavy atom. The van der Waals surface area contributed by atoms with E-state index in [4.69, 9.17) is 4.74 Å². The van der Waals surface area contributed by atoms with E-state index in [1.807, 2.05) is 30.5 Å². The maximum Gasteiger partial charge on any atom is 0.324 e. The van der Waals surface area contributed by atoms with Gasteiger partial charge in [0, 0.05) is 28.0 Å². The fourth-order valence-electron chi connectivity index (χ4n) is 2.34. The first-order chi connectivity index (χ1) is 13.0. The normalized spacial score (nSPS) is 10.9. The van der Waals surface area contributed by atoms with Gasteiger partial charge in [-0.1, -0.05) is 11.3 Å². The molecule has 9 heteroatoms. The highest BCUT2D eigenvalue weighted by molar-refractivity contribution is 7.16. The monoisotopic (exact) mass is 401 g/mol. The van der Waals surface area contributed by atoms with Crippen molar-refractivity contribution in [2.45, 2.75) is 6.92 Å². The third-order valence-electron chi connectivity index (χ3n) is 3.62. The van der Waals surface area contributed by atoms with Crippen molar-refractivity contribution >= 4 is 44.8 Å². The van der Waals surface area contributed by atoms with Crippen molar-refractivity contribution in [1.29, 1.82) is 0 Å². The molecule has 2 aromatic heterocycles. The number of hydrogen-bond acceptors (Lipinski definition) is 7. The summed E-state index contributed by atoms with van der Waals surface area (Å²) in [5.74, 6) is 0.458. The number of aryl methyl sites for hydroxylation is 1. The third-order valence-corrected chi connectivity index (χ3v) is 5.38. The summed E-state index contributed by atoms with van der Waals surface area (Å²) in [5.41, 5.74) is 2.70. The number of benzene rings is 1. The number of thiazole rings is 1. The van der Waals surface area contributed by atoms with Crippen LogP contribution in [-0.2, 0) is 4.79 Å². The molecule has 0 radical (unpaired) electrons. The van der Waals surface area contributed by atoms with Gasteiger partial charge in [-0.15, -0.1) is 11.3 Å². The Labute approximate surface area is 163 Å². The minimum Gasteiger partial charge on any atom is -0.496 e. The van der Waals surface area contributed by atoms with Crippen LogP contribution in [0.15, 0.2) is 41.8 Å². The minimum absolute atomic E-state index is 0.0365. The van der Waals surface area contributed by atoms with Gasteiger partial charge in [0.05, 0.1) is 17.7 Å². The smallest absolute Gasteiger partial charge is 0.324 e. The summed E-state index contributed by atoms with van der Waals surface area (Å²) in [6.45, 7) is 1.96. The maximum atomic E-state index is 12.0. The van der Waals surface area contributed by atoms with E-state index < -0.39 is 4.92 Å². The van der Waals surface area contributed by atoms with Crippen molar-refractivity contribution in [2.24, 2.45) is 0 Å². The molecule has 138 valence electrons. The topological polar surface area (TPSA) is 94.4 Å². The van der Waals surface area contributed by atoms with Crippen molar-refractivity contribution in [3.63, 3.8) is 0 Å². The van der Waals surface area contributed by atoms with Crippen LogP contribution in [0.5, 0.6) is 5.75 Å². The zero-order chi connectivity index (χ0) is 19.4. The van der Waals surface area contributed by atoms with Crippen molar-refractivity contribution < 1.29 is 14.5 Å². The summed E-state index contributed by atoms with van der Waals surface area (Å²) in [5, 5.41) is 15.7. The number of amides is 1. The second-order valence-corrected chi connectivity index (χ2v) is 7.43. The van der Waals surface area contributed by atoms with Crippen molar-refractivity contribution in [2.75, 3.05) is 12.4 Å². The molecule has 0 aliphatic rings. The Balaban J connectivity index is 1.66. The van der Waals surface area contributed by atoms with Crippen LogP contribution in [0.1, 0.15) is 10.4 Å². The summed E-state index contributed by atoms with van der Waals surface area (Å²) >= 11 is 2.33. The van der Waals surface area contributed by atoms with Crippen molar-refractivity contribution in [1.82, 2.24) is 4.98 Å². The van der Waals surface area contributed by atoms with Gasteiger partial charge in [-0.25, -0.2) is 4.98 Å². The first-order valence-electron chi connectivity index (χ1n) is 7.80.